The first-order chi connectivity index (χ1) is 8.63. The minimum absolute atomic E-state index is 0.180. The first kappa shape index (κ1) is 12.1. The van der Waals surface area contributed by atoms with Crippen molar-refractivity contribution in [1.82, 2.24) is 0 Å². The summed E-state index contributed by atoms with van der Waals surface area (Å²) in [6.07, 6.45) is -0.423. The topological polar surface area (TPSA) is 29.5 Å². The highest BCUT2D eigenvalue weighted by atomic mass is 79.9. The molecule has 0 saturated heterocycles. The fourth-order valence-corrected chi connectivity index (χ4v) is 3.33. The number of aliphatic hydroxyl groups is 1. The van der Waals surface area contributed by atoms with Crippen molar-refractivity contribution >= 4 is 27.3 Å². The average Bonchev–Trinajstić information content (AvgIpc) is 2.77. The molecule has 2 heterocycles. The van der Waals surface area contributed by atoms with Crippen LogP contribution < -0.4 is 4.74 Å². The molecule has 0 aliphatic carbocycles. The Bertz CT molecular complexity index is 584. The van der Waals surface area contributed by atoms with Gasteiger partial charge in [0.2, 0.25) is 0 Å². The Morgan fingerprint density at radius 2 is 2.22 bits per heavy atom. The fraction of sp³-hybridized carbons (Fsp3) is 0.231. The number of hydrogen-bond acceptors (Lipinski definition) is 3. The molecule has 0 saturated carbocycles. The van der Waals surface area contributed by atoms with Gasteiger partial charge in [0.15, 0.2) is 0 Å². The van der Waals surface area contributed by atoms with Gasteiger partial charge in [-0.25, -0.2) is 4.39 Å². The highest BCUT2D eigenvalue weighted by molar-refractivity contribution is 9.11. The molecule has 2 unspecified atom stereocenters. The Hall–Kier alpha value is -0.910. The number of hydrogen-bond donors (Lipinski definition) is 1. The highest BCUT2D eigenvalue weighted by Crippen LogP contribution is 2.42. The molecule has 1 N–H and O–H groups in total. The van der Waals surface area contributed by atoms with Crippen LogP contribution in [0.1, 0.15) is 29.8 Å². The summed E-state index contributed by atoms with van der Waals surface area (Å²) in [5, 5.41) is 12.1. The second kappa shape index (κ2) is 4.64. The van der Waals surface area contributed by atoms with Crippen LogP contribution in [0.2, 0.25) is 0 Å². The molecule has 0 bridgehead atoms. The van der Waals surface area contributed by atoms with Crippen LogP contribution in [0.15, 0.2) is 33.4 Å². The first-order valence-electron chi connectivity index (χ1n) is 5.51. The van der Waals surface area contributed by atoms with E-state index in [9.17, 15) is 9.50 Å². The van der Waals surface area contributed by atoms with Crippen LogP contribution in [-0.2, 0) is 0 Å². The summed E-state index contributed by atoms with van der Waals surface area (Å²) in [6, 6.07) is 6.23. The fourth-order valence-electron chi connectivity index (χ4n) is 2.11. The molecular weight excluding hydrogens is 319 g/mol. The smallest absolute Gasteiger partial charge is 0.127 e. The molecule has 0 amide bonds. The molecule has 2 aromatic rings. The minimum Gasteiger partial charge on any atom is -0.485 e. The lowest BCUT2D eigenvalue weighted by Gasteiger charge is -2.29. The van der Waals surface area contributed by atoms with Crippen LogP contribution in [0.5, 0.6) is 5.75 Å². The summed E-state index contributed by atoms with van der Waals surface area (Å²) >= 11 is 4.98. The monoisotopic (exact) mass is 328 g/mol. The summed E-state index contributed by atoms with van der Waals surface area (Å²) in [6.45, 7) is 0. The number of thiophene rings is 1. The van der Waals surface area contributed by atoms with E-state index in [1.54, 1.807) is 17.4 Å². The summed E-state index contributed by atoms with van der Waals surface area (Å²) < 4.78 is 20.0. The molecular formula is C13H10BrFO2S. The van der Waals surface area contributed by atoms with E-state index in [0.29, 0.717) is 17.7 Å². The van der Waals surface area contributed by atoms with Crippen LogP contribution in [0.25, 0.3) is 0 Å². The third kappa shape index (κ3) is 2.18. The van der Waals surface area contributed by atoms with Gasteiger partial charge in [0, 0.05) is 17.5 Å². The molecule has 94 valence electrons. The Kier molecular flexibility index (Phi) is 3.13. The van der Waals surface area contributed by atoms with Crippen molar-refractivity contribution in [2.45, 2.75) is 18.6 Å². The van der Waals surface area contributed by atoms with E-state index in [4.69, 9.17) is 4.74 Å². The molecule has 1 aliphatic heterocycles. The van der Waals surface area contributed by atoms with Gasteiger partial charge >= 0.3 is 0 Å². The van der Waals surface area contributed by atoms with Gasteiger partial charge in [-0.3, -0.25) is 0 Å². The number of fused-ring (bicyclic) bond motifs is 1. The van der Waals surface area contributed by atoms with Crippen molar-refractivity contribution in [3.63, 3.8) is 0 Å². The van der Waals surface area contributed by atoms with Crippen LogP contribution in [0.4, 0.5) is 4.39 Å². The normalized spacial score (nSPS) is 22.4. The number of ether oxygens (including phenoxy) is 1. The largest absolute Gasteiger partial charge is 0.485 e. The van der Waals surface area contributed by atoms with Crippen molar-refractivity contribution in [3.05, 3.63) is 50.4 Å². The van der Waals surface area contributed by atoms with Crippen molar-refractivity contribution in [2.24, 2.45) is 0 Å². The maximum atomic E-state index is 13.1. The lowest BCUT2D eigenvalue weighted by atomic mass is 9.96. The third-order valence-electron chi connectivity index (χ3n) is 3.00. The molecule has 2 nitrogen and oxygen atoms in total. The zero-order chi connectivity index (χ0) is 12.7. The summed E-state index contributed by atoms with van der Waals surface area (Å²) in [4.78, 5) is 0. The molecule has 0 radical (unpaired) electrons. The standard InChI is InChI=1S/C13H10BrFO2S/c14-13-3-7(6-18-13)12-5-10(16)9-4-8(15)1-2-11(9)17-12/h1-4,6,10,12,16H,5H2. The minimum atomic E-state index is -0.687. The van der Waals surface area contributed by atoms with Crippen molar-refractivity contribution in [2.75, 3.05) is 0 Å². The SMILES string of the molecule is OC1CC(c2csc(Br)c2)Oc2ccc(F)cc21. The van der Waals surface area contributed by atoms with Gasteiger partial charge in [0.05, 0.1) is 9.89 Å². The van der Waals surface area contributed by atoms with Gasteiger partial charge in [-0.05, 0) is 45.6 Å². The van der Waals surface area contributed by atoms with Gasteiger partial charge < -0.3 is 9.84 Å². The predicted octanol–water partition coefficient (Wildman–Crippen LogP) is 4.21. The Morgan fingerprint density at radius 1 is 1.39 bits per heavy atom. The summed E-state index contributed by atoms with van der Waals surface area (Å²) in [7, 11) is 0. The maximum absolute atomic E-state index is 13.1. The van der Waals surface area contributed by atoms with Gasteiger partial charge in [-0.2, -0.15) is 0 Å². The molecule has 5 heteroatoms. The van der Waals surface area contributed by atoms with Crippen LogP contribution in [0.3, 0.4) is 0 Å². The van der Waals surface area contributed by atoms with E-state index in [2.05, 4.69) is 15.9 Å². The van der Waals surface area contributed by atoms with E-state index in [-0.39, 0.29) is 11.9 Å². The van der Waals surface area contributed by atoms with E-state index in [1.807, 2.05) is 11.4 Å². The second-order valence-electron chi connectivity index (χ2n) is 4.22. The summed E-state index contributed by atoms with van der Waals surface area (Å²) in [5.74, 6) is 0.204. The predicted molar refractivity (Wildman–Crippen MR) is 71.4 cm³/mol. The highest BCUT2D eigenvalue weighted by Gasteiger charge is 2.28. The van der Waals surface area contributed by atoms with Gasteiger partial charge in [-0.1, -0.05) is 0 Å². The van der Waals surface area contributed by atoms with Crippen LogP contribution >= 0.6 is 27.3 Å². The number of benzene rings is 1. The molecule has 1 aromatic carbocycles. The van der Waals surface area contributed by atoms with E-state index in [0.717, 1.165) is 9.35 Å². The Balaban J connectivity index is 1.94. The molecule has 3 rings (SSSR count). The third-order valence-corrected chi connectivity index (χ3v) is 4.52. The molecule has 1 aliphatic rings. The average molecular weight is 329 g/mol. The Morgan fingerprint density at radius 3 is 2.94 bits per heavy atom. The van der Waals surface area contributed by atoms with Crippen LogP contribution in [-0.4, -0.2) is 5.11 Å². The Labute approximate surface area is 116 Å². The van der Waals surface area contributed by atoms with Gasteiger partial charge in [0.1, 0.15) is 17.7 Å². The number of halogens is 2. The quantitative estimate of drug-likeness (QED) is 0.849. The zero-order valence-corrected chi connectivity index (χ0v) is 11.7. The number of aliphatic hydroxyl groups excluding tert-OH is 1. The lowest BCUT2D eigenvalue weighted by Crippen LogP contribution is -2.18. The van der Waals surface area contributed by atoms with E-state index >= 15 is 0 Å². The molecule has 1 aromatic heterocycles. The molecule has 18 heavy (non-hydrogen) atoms. The molecule has 2 atom stereocenters. The van der Waals surface area contributed by atoms with Crippen molar-refractivity contribution < 1.29 is 14.2 Å². The van der Waals surface area contributed by atoms with Gasteiger partial charge in [0.25, 0.3) is 0 Å². The van der Waals surface area contributed by atoms with E-state index < -0.39 is 6.10 Å². The molecule has 0 spiro atoms. The summed E-state index contributed by atoms with van der Waals surface area (Å²) in [5.41, 5.74) is 1.56. The first-order valence-corrected chi connectivity index (χ1v) is 7.19. The van der Waals surface area contributed by atoms with Crippen LogP contribution in [0, 0.1) is 5.82 Å². The maximum Gasteiger partial charge on any atom is 0.127 e. The molecule has 0 fully saturated rings. The van der Waals surface area contributed by atoms with E-state index in [1.165, 1.54) is 12.1 Å². The van der Waals surface area contributed by atoms with Gasteiger partial charge in [-0.15, -0.1) is 11.3 Å². The second-order valence-corrected chi connectivity index (χ2v) is 6.51. The van der Waals surface area contributed by atoms with Crippen molar-refractivity contribution in [1.29, 1.82) is 0 Å². The number of rotatable bonds is 1. The zero-order valence-electron chi connectivity index (χ0n) is 9.27. The lowest BCUT2D eigenvalue weighted by molar-refractivity contribution is 0.0655. The van der Waals surface area contributed by atoms with Crippen molar-refractivity contribution in [3.8, 4) is 5.75 Å².